The van der Waals surface area contributed by atoms with E-state index < -0.39 is 22.6 Å². The first kappa shape index (κ1) is 17.5. The van der Waals surface area contributed by atoms with Gasteiger partial charge in [-0.25, -0.2) is 17.9 Å². The van der Waals surface area contributed by atoms with Gasteiger partial charge in [0, 0.05) is 6.04 Å². The molecule has 0 saturated heterocycles. The van der Waals surface area contributed by atoms with E-state index >= 15 is 0 Å². The highest BCUT2D eigenvalue weighted by atomic mass is 32.2. The van der Waals surface area contributed by atoms with Crippen molar-refractivity contribution in [3.63, 3.8) is 0 Å². The number of carbonyl (C=O) groups is 1. The fourth-order valence-corrected chi connectivity index (χ4v) is 3.20. The lowest BCUT2D eigenvalue weighted by atomic mass is 10.1. The number of hydrogen-bond donors (Lipinski definition) is 2. The molecule has 6 nitrogen and oxygen atoms in total. The quantitative estimate of drug-likeness (QED) is 0.764. The molecule has 0 bridgehead atoms. The number of carboxylic acid groups (broad SMARTS) is 1. The van der Waals surface area contributed by atoms with Crippen LogP contribution < -0.4 is 9.46 Å². The van der Waals surface area contributed by atoms with E-state index in [0.29, 0.717) is 11.7 Å². The molecule has 0 fully saturated rings. The van der Waals surface area contributed by atoms with Crippen molar-refractivity contribution in [1.29, 1.82) is 0 Å². The topological polar surface area (TPSA) is 92.7 Å². The van der Waals surface area contributed by atoms with Gasteiger partial charge in [0.2, 0.25) is 10.0 Å². The van der Waals surface area contributed by atoms with Gasteiger partial charge in [0.1, 0.15) is 5.75 Å². The molecule has 0 amide bonds. The van der Waals surface area contributed by atoms with Crippen LogP contribution in [0.2, 0.25) is 0 Å². The predicted octanol–water partition coefficient (Wildman–Crippen LogP) is 1.86. The molecule has 0 spiro atoms. The van der Waals surface area contributed by atoms with Crippen LogP contribution >= 0.6 is 0 Å². The van der Waals surface area contributed by atoms with E-state index in [1.54, 1.807) is 0 Å². The van der Waals surface area contributed by atoms with E-state index in [0.717, 1.165) is 6.42 Å². The van der Waals surface area contributed by atoms with Gasteiger partial charge >= 0.3 is 5.97 Å². The second kappa shape index (κ2) is 7.42. The molecule has 0 aliphatic carbocycles. The third-order valence-corrected chi connectivity index (χ3v) is 4.28. The minimum absolute atomic E-state index is 0.126. The average molecular weight is 315 g/mol. The highest BCUT2D eigenvalue weighted by molar-refractivity contribution is 7.89. The SMILES string of the molecule is CC(C)CC(C)NS(=O)(=O)c1ccc(OCC(=O)O)cc1. The molecule has 7 heteroatoms. The second-order valence-corrected chi connectivity index (χ2v) is 7.02. The normalized spacial score (nSPS) is 13.1. The second-order valence-electron chi connectivity index (χ2n) is 5.31. The van der Waals surface area contributed by atoms with E-state index in [2.05, 4.69) is 4.72 Å². The van der Waals surface area contributed by atoms with Crippen molar-refractivity contribution in [2.24, 2.45) is 5.92 Å². The fourth-order valence-electron chi connectivity index (χ4n) is 1.95. The monoisotopic (exact) mass is 315 g/mol. The summed E-state index contributed by atoms with van der Waals surface area (Å²) in [6.45, 7) is 5.41. The molecule has 1 aromatic rings. The van der Waals surface area contributed by atoms with Gasteiger partial charge in [-0.05, 0) is 43.5 Å². The minimum atomic E-state index is -3.58. The largest absolute Gasteiger partial charge is 0.482 e. The fraction of sp³-hybridized carbons (Fsp3) is 0.500. The zero-order chi connectivity index (χ0) is 16.0. The number of sulfonamides is 1. The number of ether oxygens (including phenoxy) is 1. The number of nitrogens with one attached hydrogen (secondary N) is 1. The molecule has 21 heavy (non-hydrogen) atoms. The molecule has 118 valence electrons. The summed E-state index contributed by atoms with van der Waals surface area (Å²) < 4.78 is 31.9. The zero-order valence-electron chi connectivity index (χ0n) is 12.4. The van der Waals surface area contributed by atoms with Crippen LogP contribution in [0.25, 0.3) is 0 Å². The Hall–Kier alpha value is -1.60. The Morgan fingerprint density at radius 3 is 2.29 bits per heavy atom. The molecule has 1 unspecified atom stereocenters. The third-order valence-electron chi connectivity index (χ3n) is 2.68. The summed E-state index contributed by atoms with van der Waals surface area (Å²) in [5.41, 5.74) is 0. The van der Waals surface area contributed by atoms with Crippen molar-refractivity contribution < 1.29 is 23.1 Å². The maximum Gasteiger partial charge on any atom is 0.341 e. The summed E-state index contributed by atoms with van der Waals surface area (Å²) >= 11 is 0. The van der Waals surface area contributed by atoms with Crippen LogP contribution in [0.5, 0.6) is 5.75 Å². The highest BCUT2D eigenvalue weighted by Crippen LogP contribution is 2.17. The van der Waals surface area contributed by atoms with Crippen LogP contribution in [0.4, 0.5) is 0 Å². The van der Waals surface area contributed by atoms with Gasteiger partial charge in [-0.15, -0.1) is 0 Å². The highest BCUT2D eigenvalue weighted by Gasteiger charge is 2.18. The standard InChI is InChI=1S/C14H21NO5S/c1-10(2)8-11(3)15-21(18,19)13-6-4-12(5-7-13)20-9-14(16)17/h4-7,10-11,15H,8-9H2,1-3H3,(H,16,17). The van der Waals surface area contributed by atoms with E-state index in [1.807, 2.05) is 20.8 Å². The Morgan fingerprint density at radius 2 is 1.81 bits per heavy atom. The first-order valence-electron chi connectivity index (χ1n) is 6.67. The van der Waals surface area contributed by atoms with Crippen molar-refractivity contribution in [2.45, 2.75) is 38.1 Å². The van der Waals surface area contributed by atoms with Crippen LogP contribution in [0, 0.1) is 5.92 Å². The Labute approximate surface area is 125 Å². The number of benzene rings is 1. The lowest BCUT2D eigenvalue weighted by molar-refractivity contribution is -0.139. The summed E-state index contributed by atoms with van der Waals surface area (Å²) in [4.78, 5) is 10.5. The Kier molecular flexibility index (Phi) is 6.17. The molecule has 1 atom stereocenters. The summed E-state index contributed by atoms with van der Waals surface area (Å²) in [7, 11) is -3.58. The smallest absolute Gasteiger partial charge is 0.341 e. The average Bonchev–Trinajstić information content (AvgIpc) is 2.35. The van der Waals surface area contributed by atoms with Gasteiger partial charge in [0.25, 0.3) is 0 Å². The van der Waals surface area contributed by atoms with E-state index in [9.17, 15) is 13.2 Å². The molecule has 0 aromatic heterocycles. The first-order valence-corrected chi connectivity index (χ1v) is 8.16. The van der Waals surface area contributed by atoms with Gasteiger partial charge in [0.05, 0.1) is 4.90 Å². The van der Waals surface area contributed by atoms with Gasteiger partial charge in [-0.3, -0.25) is 0 Å². The van der Waals surface area contributed by atoms with Crippen LogP contribution in [0.15, 0.2) is 29.2 Å². The Bertz CT molecular complexity index is 566. The van der Waals surface area contributed by atoms with Crippen LogP contribution in [-0.4, -0.2) is 32.1 Å². The number of rotatable bonds is 8. The summed E-state index contributed by atoms with van der Waals surface area (Å²) in [5, 5.41) is 8.50. The molecule has 0 heterocycles. The van der Waals surface area contributed by atoms with Gasteiger partial charge in [-0.2, -0.15) is 0 Å². The molecule has 0 aliphatic heterocycles. The summed E-state index contributed by atoms with van der Waals surface area (Å²) in [6, 6.07) is 5.50. The molecule has 0 aliphatic rings. The van der Waals surface area contributed by atoms with E-state index in [1.165, 1.54) is 24.3 Å². The predicted molar refractivity (Wildman–Crippen MR) is 78.8 cm³/mol. The molecule has 2 N–H and O–H groups in total. The minimum Gasteiger partial charge on any atom is -0.482 e. The van der Waals surface area contributed by atoms with Crippen LogP contribution in [0.1, 0.15) is 27.2 Å². The van der Waals surface area contributed by atoms with Crippen LogP contribution in [-0.2, 0) is 14.8 Å². The van der Waals surface area contributed by atoms with Crippen molar-refractivity contribution in [3.8, 4) is 5.75 Å². The van der Waals surface area contributed by atoms with Crippen molar-refractivity contribution >= 4 is 16.0 Å². The molecular weight excluding hydrogens is 294 g/mol. The number of hydrogen-bond acceptors (Lipinski definition) is 4. The lowest BCUT2D eigenvalue weighted by Crippen LogP contribution is -2.33. The maximum absolute atomic E-state index is 12.2. The summed E-state index contributed by atoms with van der Waals surface area (Å²) in [5.74, 6) is -0.378. The molecule has 1 aromatic carbocycles. The van der Waals surface area contributed by atoms with E-state index in [-0.39, 0.29) is 10.9 Å². The maximum atomic E-state index is 12.2. The molecular formula is C14H21NO5S. The van der Waals surface area contributed by atoms with E-state index in [4.69, 9.17) is 9.84 Å². The zero-order valence-corrected chi connectivity index (χ0v) is 13.2. The van der Waals surface area contributed by atoms with Gasteiger partial charge in [0.15, 0.2) is 6.61 Å². The first-order chi connectivity index (χ1) is 9.70. The van der Waals surface area contributed by atoms with Gasteiger partial charge < -0.3 is 9.84 Å². The summed E-state index contributed by atoms with van der Waals surface area (Å²) in [6.07, 6.45) is 0.749. The van der Waals surface area contributed by atoms with Crippen LogP contribution in [0.3, 0.4) is 0 Å². The molecule has 0 radical (unpaired) electrons. The third kappa shape index (κ3) is 6.14. The Morgan fingerprint density at radius 1 is 1.24 bits per heavy atom. The number of carboxylic acids is 1. The number of aliphatic carboxylic acids is 1. The molecule has 1 rings (SSSR count). The molecule has 0 saturated carbocycles. The lowest BCUT2D eigenvalue weighted by Gasteiger charge is -2.16. The Balaban J connectivity index is 2.73. The van der Waals surface area contributed by atoms with Crippen molar-refractivity contribution in [3.05, 3.63) is 24.3 Å². The van der Waals surface area contributed by atoms with Crippen molar-refractivity contribution in [2.75, 3.05) is 6.61 Å². The van der Waals surface area contributed by atoms with Crippen molar-refractivity contribution in [1.82, 2.24) is 4.72 Å². The van der Waals surface area contributed by atoms with Gasteiger partial charge in [-0.1, -0.05) is 13.8 Å².